The van der Waals surface area contributed by atoms with Crippen molar-refractivity contribution in [2.75, 3.05) is 13.1 Å². The van der Waals surface area contributed by atoms with Crippen molar-refractivity contribution in [1.29, 1.82) is 0 Å². The first kappa shape index (κ1) is 17.3. The average Bonchev–Trinajstić information content (AvgIpc) is 2.41. The Bertz CT molecular complexity index is 203. The van der Waals surface area contributed by atoms with Crippen LogP contribution in [0, 0.1) is 5.92 Å². The Morgan fingerprint density at radius 1 is 1.19 bits per heavy atom. The summed E-state index contributed by atoms with van der Waals surface area (Å²) in [7, 11) is 0. The van der Waals surface area contributed by atoms with Crippen molar-refractivity contribution in [3.8, 4) is 0 Å². The maximum atomic E-state index is 8.00. The third-order valence-corrected chi connectivity index (χ3v) is 2.36. The fraction of sp³-hybridized carbons (Fsp3) is 0.500. The lowest BCUT2D eigenvalue weighted by Gasteiger charge is -2.23. The number of rotatable bonds is 3. The van der Waals surface area contributed by atoms with E-state index in [1.165, 1.54) is 18.4 Å². The Labute approximate surface area is 100 Å². The van der Waals surface area contributed by atoms with Gasteiger partial charge in [-0.2, -0.15) is 0 Å². The first-order chi connectivity index (χ1) is 7.88. The van der Waals surface area contributed by atoms with E-state index >= 15 is 0 Å². The molecule has 1 saturated heterocycles. The predicted molar refractivity (Wildman–Crippen MR) is 72.5 cm³/mol. The fourth-order valence-corrected chi connectivity index (χ4v) is 1.66. The van der Waals surface area contributed by atoms with Crippen LogP contribution in [0.25, 0.3) is 0 Å². The molecule has 16 heavy (non-hydrogen) atoms. The van der Waals surface area contributed by atoms with Gasteiger partial charge in [0.25, 0.3) is 0 Å². The Balaban J connectivity index is 0. The highest BCUT2D eigenvalue weighted by atomic mass is 16.1. The van der Waals surface area contributed by atoms with Crippen molar-refractivity contribution in [2.45, 2.75) is 26.7 Å². The first-order valence-corrected chi connectivity index (χ1v) is 5.83. The summed E-state index contributed by atoms with van der Waals surface area (Å²) in [6.07, 6.45) is 8.33. The molecule has 0 radical (unpaired) electrons. The summed E-state index contributed by atoms with van der Waals surface area (Å²) in [4.78, 5) is 8.00. The van der Waals surface area contributed by atoms with Crippen LogP contribution < -0.4 is 5.32 Å². The summed E-state index contributed by atoms with van der Waals surface area (Å²) in [5.41, 5.74) is 1.34. The zero-order valence-corrected chi connectivity index (χ0v) is 10.7. The van der Waals surface area contributed by atoms with E-state index < -0.39 is 0 Å². The highest BCUT2D eigenvalue weighted by molar-refractivity contribution is 5.24. The van der Waals surface area contributed by atoms with Crippen LogP contribution in [-0.4, -0.2) is 19.9 Å². The van der Waals surface area contributed by atoms with Crippen molar-refractivity contribution in [2.24, 2.45) is 5.92 Å². The van der Waals surface area contributed by atoms with Gasteiger partial charge in [0.2, 0.25) is 0 Å². The highest BCUT2D eigenvalue weighted by Gasteiger charge is 2.14. The Hall–Kier alpha value is -1.15. The van der Waals surface area contributed by atoms with E-state index in [1.54, 1.807) is 0 Å². The molecule has 1 aliphatic heterocycles. The van der Waals surface area contributed by atoms with E-state index in [0.717, 1.165) is 13.1 Å². The molecule has 0 saturated carbocycles. The lowest BCUT2D eigenvalue weighted by Crippen LogP contribution is -2.28. The second-order valence-electron chi connectivity index (χ2n) is 3.13. The standard InChI is InChI=1S/C11H17N.C2H6.CH2O/c1-3-5-10(4-2)11-6-8-12-9-7-11;2*1-2/h3-5,11-12H,1-2,6-9H2;1-2H3;1H2/b10-5+;;. The van der Waals surface area contributed by atoms with E-state index in [1.807, 2.05) is 32.8 Å². The summed E-state index contributed by atoms with van der Waals surface area (Å²) in [6.45, 7) is 15.8. The molecule has 0 bridgehead atoms. The minimum atomic E-state index is 0.696. The molecule has 0 atom stereocenters. The second-order valence-corrected chi connectivity index (χ2v) is 3.13. The Morgan fingerprint density at radius 3 is 2.06 bits per heavy atom. The van der Waals surface area contributed by atoms with Crippen LogP contribution in [0.4, 0.5) is 0 Å². The fourth-order valence-electron chi connectivity index (χ4n) is 1.66. The van der Waals surface area contributed by atoms with Crippen molar-refractivity contribution in [3.05, 3.63) is 37.0 Å². The molecule has 0 aromatic rings. The van der Waals surface area contributed by atoms with Crippen molar-refractivity contribution >= 4 is 6.79 Å². The third-order valence-electron chi connectivity index (χ3n) is 2.36. The first-order valence-electron chi connectivity index (χ1n) is 5.83. The second kappa shape index (κ2) is 13.8. The topological polar surface area (TPSA) is 29.1 Å². The molecule has 0 spiro atoms. The van der Waals surface area contributed by atoms with Gasteiger partial charge in [0, 0.05) is 0 Å². The highest BCUT2D eigenvalue weighted by Crippen LogP contribution is 2.21. The van der Waals surface area contributed by atoms with E-state index in [4.69, 9.17) is 4.79 Å². The van der Waals surface area contributed by atoms with Gasteiger partial charge in [-0.15, -0.1) is 0 Å². The molecule has 0 aliphatic carbocycles. The van der Waals surface area contributed by atoms with Crippen LogP contribution in [0.5, 0.6) is 0 Å². The van der Waals surface area contributed by atoms with Gasteiger partial charge >= 0.3 is 0 Å². The lowest BCUT2D eigenvalue weighted by atomic mass is 9.90. The van der Waals surface area contributed by atoms with Gasteiger partial charge in [0.1, 0.15) is 6.79 Å². The third kappa shape index (κ3) is 7.18. The van der Waals surface area contributed by atoms with Crippen LogP contribution in [0.1, 0.15) is 26.7 Å². The van der Waals surface area contributed by atoms with Gasteiger partial charge in [-0.05, 0) is 37.4 Å². The van der Waals surface area contributed by atoms with Gasteiger partial charge in [0.05, 0.1) is 0 Å². The van der Waals surface area contributed by atoms with Crippen LogP contribution in [0.15, 0.2) is 37.0 Å². The zero-order chi connectivity index (χ0) is 12.8. The van der Waals surface area contributed by atoms with Crippen LogP contribution >= 0.6 is 0 Å². The van der Waals surface area contributed by atoms with Gasteiger partial charge < -0.3 is 10.1 Å². The number of hydrogen-bond acceptors (Lipinski definition) is 2. The van der Waals surface area contributed by atoms with Gasteiger partial charge in [-0.25, -0.2) is 0 Å². The molecule has 92 valence electrons. The number of carbonyl (C=O) groups is 1. The Kier molecular flexibility index (Phi) is 14.9. The summed E-state index contributed by atoms with van der Waals surface area (Å²) in [6, 6.07) is 0. The minimum absolute atomic E-state index is 0.696. The van der Waals surface area contributed by atoms with E-state index in [0.29, 0.717) is 5.92 Å². The summed E-state index contributed by atoms with van der Waals surface area (Å²) >= 11 is 0. The number of allylic oxidation sites excluding steroid dienone is 4. The lowest BCUT2D eigenvalue weighted by molar-refractivity contribution is -0.0979. The summed E-state index contributed by atoms with van der Waals surface area (Å²) < 4.78 is 0. The zero-order valence-electron chi connectivity index (χ0n) is 10.7. The summed E-state index contributed by atoms with van der Waals surface area (Å²) in [5.74, 6) is 0.696. The normalized spacial score (nSPS) is 16.0. The average molecular weight is 223 g/mol. The molecule has 1 heterocycles. The number of piperidine rings is 1. The largest absolute Gasteiger partial charge is 0.317 e. The maximum Gasteiger partial charge on any atom is 0.106 e. The molecule has 2 nitrogen and oxygen atoms in total. The van der Waals surface area contributed by atoms with Crippen molar-refractivity contribution < 1.29 is 4.79 Å². The number of carbonyl (C=O) groups excluding carboxylic acids is 1. The molecule has 0 aromatic carbocycles. The van der Waals surface area contributed by atoms with E-state index in [-0.39, 0.29) is 0 Å². The molecule has 1 fully saturated rings. The number of hydrogen-bond donors (Lipinski definition) is 1. The van der Waals surface area contributed by atoms with Crippen LogP contribution in [0.3, 0.4) is 0 Å². The van der Waals surface area contributed by atoms with Gasteiger partial charge in [-0.3, -0.25) is 0 Å². The molecule has 1 N–H and O–H groups in total. The van der Waals surface area contributed by atoms with Gasteiger partial charge in [-0.1, -0.05) is 45.2 Å². The van der Waals surface area contributed by atoms with Crippen LogP contribution in [-0.2, 0) is 4.79 Å². The van der Waals surface area contributed by atoms with Crippen molar-refractivity contribution in [3.63, 3.8) is 0 Å². The molecular formula is C14H25NO. The number of nitrogens with one attached hydrogen (secondary N) is 1. The monoisotopic (exact) mass is 223 g/mol. The van der Waals surface area contributed by atoms with Gasteiger partial charge in [0.15, 0.2) is 0 Å². The van der Waals surface area contributed by atoms with Crippen LogP contribution in [0.2, 0.25) is 0 Å². The molecule has 1 rings (SSSR count). The maximum absolute atomic E-state index is 8.00. The molecule has 2 heteroatoms. The Morgan fingerprint density at radius 2 is 1.69 bits per heavy atom. The SMILES string of the molecule is C=C/C=C(\C=C)C1CCNCC1.C=O.CC. The van der Waals surface area contributed by atoms with E-state index in [2.05, 4.69) is 24.6 Å². The molecule has 0 unspecified atom stereocenters. The van der Waals surface area contributed by atoms with E-state index in [9.17, 15) is 0 Å². The molecule has 0 aromatic heterocycles. The van der Waals surface area contributed by atoms with Crippen molar-refractivity contribution in [1.82, 2.24) is 5.32 Å². The molecule has 0 amide bonds. The summed E-state index contributed by atoms with van der Waals surface area (Å²) in [5, 5.41) is 3.35. The molecular weight excluding hydrogens is 198 g/mol. The minimum Gasteiger partial charge on any atom is -0.317 e. The quantitative estimate of drug-likeness (QED) is 0.745. The predicted octanol–water partition coefficient (Wildman–Crippen LogP) is 3.13. The smallest absolute Gasteiger partial charge is 0.106 e. The molecule has 1 aliphatic rings.